The molecule has 0 bridgehead atoms. The fourth-order valence-corrected chi connectivity index (χ4v) is 4.57. The Balaban J connectivity index is 1.67. The standard InChI is InChI=1S/C20H38N4O2/c1-15-10-16(2)12-23(11-15)9-7-6-8-22-20(21-4)24-13-17(3)18(14-24)19(25)26-5/h15-18H,6-14H2,1-5H3,(H,21,22). The van der Waals surface area contributed by atoms with Gasteiger partial charge >= 0.3 is 5.97 Å². The van der Waals surface area contributed by atoms with Crippen LogP contribution >= 0.6 is 0 Å². The third-order valence-electron chi connectivity index (χ3n) is 5.76. The highest BCUT2D eigenvalue weighted by molar-refractivity contribution is 5.82. The normalized spacial score (nSPS) is 30.5. The van der Waals surface area contributed by atoms with Crippen LogP contribution in [0.3, 0.4) is 0 Å². The van der Waals surface area contributed by atoms with E-state index < -0.39 is 0 Å². The zero-order valence-electron chi connectivity index (χ0n) is 17.3. The Kier molecular flexibility index (Phi) is 8.19. The van der Waals surface area contributed by atoms with E-state index >= 15 is 0 Å². The van der Waals surface area contributed by atoms with Crippen LogP contribution in [-0.2, 0) is 9.53 Å². The van der Waals surface area contributed by atoms with E-state index in [-0.39, 0.29) is 11.9 Å². The average Bonchev–Trinajstić information content (AvgIpc) is 2.98. The lowest BCUT2D eigenvalue weighted by Gasteiger charge is -2.35. The summed E-state index contributed by atoms with van der Waals surface area (Å²) in [6.45, 7) is 13.0. The smallest absolute Gasteiger partial charge is 0.310 e. The number of piperidine rings is 1. The lowest BCUT2D eigenvalue weighted by Crippen LogP contribution is -2.41. The highest BCUT2D eigenvalue weighted by atomic mass is 16.5. The number of esters is 1. The van der Waals surface area contributed by atoms with Crippen LogP contribution in [0.1, 0.15) is 40.0 Å². The summed E-state index contributed by atoms with van der Waals surface area (Å²) in [6.07, 6.45) is 3.72. The fourth-order valence-electron chi connectivity index (χ4n) is 4.57. The summed E-state index contributed by atoms with van der Waals surface area (Å²) in [5.41, 5.74) is 0. The molecule has 150 valence electrons. The summed E-state index contributed by atoms with van der Waals surface area (Å²) < 4.78 is 4.92. The van der Waals surface area contributed by atoms with E-state index in [0.29, 0.717) is 12.5 Å². The largest absolute Gasteiger partial charge is 0.469 e. The maximum atomic E-state index is 11.9. The molecule has 2 saturated heterocycles. The molecule has 0 aromatic heterocycles. The number of unbranched alkanes of at least 4 members (excludes halogenated alkanes) is 1. The number of likely N-dealkylation sites (tertiary alicyclic amines) is 2. The minimum Gasteiger partial charge on any atom is -0.469 e. The Hall–Kier alpha value is -1.30. The molecule has 6 nitrogen and oxygen atoms in total. The number of nitrogens with one attached hydrogen (secondary N) is 1. The van der Waals surface area contributed by atoms with Gasteiger partial charge in [-0.3, -0.25) is 9.79 Å². The molecule has 4 atom stereocenters. The molecular weight excluding hydrogens is 328 g/mol. The number of aliphatic imine (C=N–C) groups is 1. The van der Waals surface area contributed by atoms with Crippen molar-refractivity contribution in [2.24, 2.45) is 28.7 Å². The van der Waals surface area contributed by atoms with Crippen molar-refractivity contribution in [3.63, 3.8) is 0 Å². The van der Waals surface area contributed by atoms with Crippen LogP contribution in [0.15, 0.2) is 4.99 Å². The Morgan fingerprint density at radius 3 is 2.42 bits per heavy atom. The van der Waals surface area contributed by atoms with Crippen LogP contribution in [-0.4, -0.2) is 75.2 Å². The molecule has 2 fully saturated rings. The predicted octanol–water partition coefficient (Wildman–Crippen LogP) is 2.06. The van der Waals surface area contributed by atoms with Crippen LogP contribution < -0.4 is 5.32 Å². The van der Waals surface area contributed by atoms with Crippen molar-refractivity contribution < 1.29 is 9.53 Å². The molecule has 4 unspecified atom stereocenters. The molecule has 2 heterocycles. The van der Waals surface area contributed by atoms with Gasteiger partial charge in [-0.1, -0.05) is 20.8 Å². The van der Waals surface area contributed by atoms with Crippen molar-refractivity contribution in [2.45, 2.75) is 40.0 Å². The average molecular weight is 367 g/mol. The number of carbonyl (C=O) groups excluding carboxylic acids is 1. The van der Waals surface area contributed by atoms with Gasteiger partial charge in [-0.05, 0) is 43.6 Å². The summed E-state index contributed by atoms with van der Waals surface area (Å²) in [5.74, 6) is 2.70. The van der Waals surface area contributed by atoms with E-state index in [4.69, 9.17) is 4.74 Å². The summed E-state index contributed by atoms with van der Waals surface area (Å²) in [6, 6.07) is 0. The van der Waals surface area contributed by atoms with E-state index in [2.05, 4.69) is 40.9 Å². The van der Waals surface area contributed by atoms with Gasteiger partial charge in [-0.15, -0.1) is 0 Å². The molecule has 2 aliphatic rings. The van der Waals surface area contributed by atoms with Crippen LogP contribution in [0, 0.1) is 23.7 Å². The van der Waals surface area contributed by atoms with Crippen LogP contribution in [0.5, 0.6) is 0 Å². The Morgan fingerprint density at radius 2 is 1.81 bits per heavy atom. The molecule has 0 saturated carbocycles. The molecule has 0 spiro atoms. The van der Waals surface area contributed by atoms with E-state index in [9.17, 15) is 4.79 Å². The second-order valence-electron chi connectivity index (χ2n) is 8.40. The SMILES string of the molecule is CN=C(NCCCCN1CC(C)CC(C)C1)N1CC(C)C(C(=O)OC)C1. The molecule has 6 heteroatoms. The van der Waals surface area contributed by atoms with Crippen LogP contribution in [0.4, 0.5) is 0 Å². The van der Waals surface area contributed by atoms with Gasteiger partial charge in [0.25, 0.3) is 0 Å². The van der Waals surface area contributed by atoms with Gasteiger partial charge in [0.15, 0.2) is 5.96 Å². The van der Waals surface area contributed by atoms with Crippen molar-refractivity contribution in [2.75, 3.05) is 53.4 Å². The molecule has 0 aromatic carbocycles. The highest BCUT2D eigenvalue weighted by Crippen LogP contribution is 2.24. The summed E-state index contributed by atoms with van der Waals surface area (Å²) in [5, 5.41) is 3.47. The summed E-state index contributed by atoms with van der Waals surface area (Å²) >= 11 is 0. The molecule has 2 aliphatic heterocycles. The number of methoxy groups -OCH3 is 1. The maximum Gasteiger partial charge on any atom is 0.310 e. The number of rotatable bonds is 6. The van der Waals surface area contributed by atoms with Crippen LogP contribution in [0.2, 0.25) is 0 Å². The van der Waals surface area contributed by atoms with E-state index in [1.165, 1.54) is 39.6 Å². The second kappa shape index (κ2) is 10.1. The molecule has 26 heavy (non-hydrogen) atoms. The minimum absolute atomic E-state index is 0.0540. The fraction of sp³-hybridized carbons (Fsp3) is 0.900. The minimum atomic E-state index is -0.111. The van der Waals surface area contributed by atoms with E-state index in [1.54, 1.807) is 0 Å². The Morgan fingerprint density at radius 1 is 1.12 bits per heavy atom. The van der Waals surface area contributed by atoms with Gasteiger partial charge in [0.1, 0.15) is 0 Å². The highest BCUT2D eigenvalue weighted by Gasteiger charge is 2.36. The van der Waals surface area contributed by atoms with Gasteiger partial charge in [-0.2, -0.15) is 0 Å². The van der Waals surface area contributed by atoms with E-state index in [1.807, 2.05) is 7.05 Å². The first kappa shape index (κ1) is 21.0. The number of guanidine groups is 1. The zero-order valence-corrected chi connectivity index (χ0v) is 17.3. The van der Waals surface area contributed by atoms with Crippen molar-refractivity contribution in [1.82, 2.24) is 15.1 Å². The van der Waals surface area contributed by atoms with Crippen molar-refractivity contribution in [1.29, 1.82) is 0 Å². The van der Waals surface area contributed by atoms with Gasteiger partial charge in [0, 0.05) is 39.8 Å². The molecular formula is C20H38N4O2. The lowest BCUT2D eigenvalue weighted by molar-refractivity contribution is -0.145. The summed E-state index contributed by atoms with van der Waals surface area (Å²) in [7, 11) is 3.28. The maximum absolute atomic E-state index is 11.9. The van der Waals surface area contributed by atoms with Crippen molar-refractivity contribution in [3.05, 3.63) is 0 Å². The molecule has 0 amide bonds. The third kappa shape index (κ3) is 5.86. The zero-order chi connectivity index (χ0) is 19.1. The molecule has 0 radical (unpaired) electrons. The number of nitrogens with zero attached hydrogens (tertiary/aromatic N) is 3. The van der Waals surface area contributed by atoms with Crippen molar-refractivity contribution in [3.8, 4) is 0 Å². The second-order valence-corrected chi connectivity index (χ2v) is 8.40. The number of hydrogen-bond acceptors (Lipinski definition) is 4. The van der Waals surface area contributed by atoms with E-state index in [0.717, 1.165) is 37.3 Å². The molecule has 0 aliphatic carbocycles. The monoisotopic (exact) mass is 366 g/mol. The Bertz CT molecular complexity index is 472. The number of hydrogen-bond donors (Lipinski definition) is 1. The quantitative estimate of drug-likeness (QED) is 0.337. The third-order valence-corrected chi connectivity index (χ3v) is 5.76. The van der Waals surface area contributed by atoms with Gasteiger partial charge in [-0.25, -0.2) is 0 Å². The summed E-state index contributed by atoms with van der Waals surface area (Å²) in [4.78, 5) is 21.1. The first-order valence-electron chi connectivity index (χ1n) is 10.2. The van der Waals surface area contributed by atoms with Gasteiger partial charge in [0.05, 0.1) is 13.0 Å². The molecule has 1 N–H and O–H groups in total. The first-order chi connectivity index (χ1) is 12.4. The Labute approximate surface area is 159 Å². The predicted molar refractivity (Wildman–Crippen MR) is 106 cm³/mol. The van der Waals surface area contributed by atoms with Crippen LogP contribution in [0.25, 0.3) is 0 Å². The molecule has 0 aromatic rings. The lowest BCUT2D eigenvalue weighted by atomic mass is 9.92. The molecule has 2 rings (SSSR count). The van der Waals surface area contributed by atoms with Crippen molar-refractivity contribution >= 4 is 11.9 Å². The number of ether oxygens (including phenoxy) is 1. The topological polar surface area (TPSA) is 57.2 Å². The first-order valence-corrected chi connectivity index (χ1v) is 10.2. The van der Waals surface area contributed by atoms with Gasteiger partial charge in [0.2, 0.25) is 0 Å². The van der Waals surface area contributed by atoms with Gasteiger partial charge < -0.3 is 19.9 Å². The number of carbonyl (C=O) groups is 1.